The average Bonchev–Trinajstić information content (AvgIpc) is 2.34. The molecule has 0 fully saturated rings. The van der Waals surface area contributed by atoms with Crippen molar-refractivity contribution in [2.75, 3.05) is 6.54 Å². The molecular weight excluding hydrogens is 357 g/mol. The first-order chi connectivity index (χ1) is 8.60. The third-order valence-electron chi connectivity index (χ3n) is 3.23. The Hall–Kier alpha value is 0.200. The third-order valence-corrected chi connectivity index (χ3v) is 4.80. The largest absolute Gasteiger partial charge is 0.310 e. The molecule has 0 aliphatic rings. The maximum atomic E-state index is 6.24. The Bertz CT molecular complexity index is 368. The van der Waals surface area contributed by atoms with Crippen LogP contribution in [-0.4, -0.2) is 6.54 Å². The van der Waals surface area contributed by atoms with E-state index in [4.69, 9.17) is 11.6 Å². The van der Waals surface area contributed by atoms with Crippen molar-refractivity contribution in [2.24, 2.45) is 5.92 Å². The monoisotopic (exact) mass is 379 g/mol. The van der Waals surface area contributed by atoms with Gasteiger partial charge < -0.3 is 5.32 Å². The fraction of sp³-hybridized carbons (Fsp3) is 0.600. The number of nitrogens with one attached hydrogen (secondary N) is 1. The van der Waals surface area contributed by atoms with E-state index in [1.54, 1.807) is 0 Å². The third kappa shape index (κ3) is 4.71. The van der Waals surface area contributed by atoms with Crippen molar-refractivity contribution >= 4 is 34.2 Å². The van der Waals surface area contributed by atoms with Crippen molar-refractivity contribution in [3.05, 3.63) is 32.4 Å². The zero-order valence-corrected chi connectivity index (χ0v) is 14.4. The Morgan fingerprint density at radius 3 is 2.56 bits per heavy atom. The molecule has 102 valence electrons. The quantitative estimate of drug-likeness (QED) is 0.624. The minimum absolute atomic E-state index is 0.416. The Balaban J connectivity index is 2.89. The van der Waals surface area contributed by atoms with Crippen LogP contribution in [0.5, 0.6) is 0 Å². The molecule has 0 saturated heterocycles. The molecule has 0 spiro atoms. The Morgan fingerprint density at radius 2 is 2.00 bits per heavy atom. The van der Waals surface area contributed by atoms with Crippen molar-refractivity contribution in [2.45, 2.75) is 46.1 Å². The zero-order valence-electron chi connectivity index (χ0n) is 11.5. The van der Waals surface area contributed by atoms with Crippen molar-refractivity contribution in [3.8, 4) is 0 Å². The van der Waals surface area contributed by atoms with Gasteiger partial charge in [-0.25, -0.2) is 0 Å². The number of benzene rings is 1. The molecule has 0 heterocycles. The fourth-order valence-corrected chi connectivity index (χ4v) is 2.80. The van der Waals surface area contributed by atoms with Gasteiger partial charge in [-0.3, -0.25) is 0 Å². The summed E-state index contributed by atoms with van der Waals surface area (Å²) in [6.45, 7) is 7.83. The Morgan fingerprint density at radius 1 is 1.28 bits per heavy atom. The first-order valence-corrected chi connectivity index (χ1v) is 8.24. The van der Waals surface area contributed by atoms with Gasteiger partial charge in [-0.15, -0.1) is 0 Å². The number of halogens is 2. The molecular formula is C15H23ClIN. The Kier molecular flexibility index (Phi) is 7.57. The summed E-state index contributed by atoms with van der Waals surface area (Å²) in [6.07, 6.45) is 3.63. The Labute approximate surface area is 130 Å². The molecule has 1 nitrogen and oxygen atoms in total. The smallest absolute Gasteiger partial charge is 0.0542 e. The van der Waals surface area contributed by atoms with Gasteiger partial charge in [-0.05, 0) is 65.6 Å². The molecule has 1 N–H and O–H groups in total. The molecule has 1 aromatic carbocycles. The lowest BCUT2D eigenvalue weighted by Crippen LogP contribution is -2.27. The molecule has 2 atom stereocenters. The van der Waals surface area contributed by atoms with Crippen molar-refractivity contribution in [1.29, 1.82) is 0 Å². The maximum absolute atomic E-state index is 6.24. The fourth-order valence-electron chi connectivity index (χ4n) is 2.28. The van der Waals surface area contributed by atoms with Crippen LogP contribution in [0.1, 0.15) is 51.6 Å². The molecule has 1 rings (SSSR count). The van der Waals surface area contributed by atoms with Gasteiger partial charge in [0.1, 0.15) is 0 Å². The summed E-state index contributed by atoms with van der Waals surface area (Å²) in [5, 5.41) is 4.52. The highest BCUT2D eigenvalue weighted by Gasteiger charge is 2.18. The normalized spacial score (nSPS) is 14.5. The number of hydrogen-bond acceptors (Lipinski definition) is 1. The highest BCUT2D eigenvalue weighted by Crippen LogP contribution is 2.29. The summed E-state index contributed by atoms with van der Waals surface area (Å²) in [7, 11) is 0. The second-order valence-electron chi connectivity index (χ2n) is 4.87. The molecule has 0 amide bonds. The van der Waals surface area contributed by atoms with Gasteiger partial charge in [0.2, 0.25) is 0 Å². The van der Waals surface area contributed by atoms with Gasteiger partial charge >= 0.3 is 0 Å². The van der Waals surface area contributed by atoms with Gasteiger partial charge in [-0.1, -0.05) is 44.9 Å². The van der Waals surface area contributed by atoms with Crippen LogP contribution < -0.4 is 5.32 Å². The average molecular weight is 380 g/mol. The predicted octanol–water partition coefficient (Wildman–Crippen LogP) is 5.42. The van der Waals surface area contributed by atoms with Crippen LogP contribution in [0.2, 0.25) is 5.02 Å². The summed E-state index contributed by atoms with van der Waals surface area (Å²) >= 11 is 8.51. The second kappa shape index (κ2) is 8.39. The van der Waals surface area contributed by atoms with Gasteiger partial charge in [0, 0.05) is 9.61 Å². The SMILES string of the molecule is CCCNC(c1ccc(I)c(Cl)c1)C(C)CCC. The van der Waals surface area contributed by atoms with E-state index >= 15 is 0 Å². The molecule has 0 radical (unpaired) electrons. The minimum Gasteiger partial charge on any atom is -0.310 e. The molecule has 0 aromatic heterocycles. The van der Waals surface area contributed by atoms with Crippen LogP contribution >= 0.6 is 34.2 Å². The molecule has 0 aliphatic carbocycles. The van der Waals surface area contributed by atoms with E-state index in [2.05, 4.69) is 66.9 Å². The lowest BCUT2D eigenvalue weighted by atomic mass is 9.91. The molecule has 18 heavy (non-hydrogen) atoms. The molecule has 3 heteroatoms. The van der Waals surface area contributed by atoms with Crippen molar-refractivity contribution < 1.29 is 0 Å². The van der Waals surface area contributed by atoms with Gasteiger partial charge in [0.25, 0.3) is 0 Å². The molecule has 1 aromatic rings. The van der Waals surface area contributed by atoms with Gasteiger partial charge in [0.05, 0.1) is 5.02 Å². The molecule has 0 bridgehead atoms. The summed E-state index contributed by atoms with van der Waals surface area (Å²) in [5.41, 5.74) is 1.31. The number of rotatable bonds is 7. The van der Waals surface area contributed by atoms with Crippen LogP contribution in [0.25, 0.3) is 0 Å². The topological polar surface area (TPSA) is 12.0 Å². The highest BCUT2D eigenvalue weighted by molar-refractivity contribution is 14.1. The van der Waals surface area contributed by atoms with E-state index in [1.165, 1.54) is 18.4 Å². The molecule has 0 aliphatic heterocycles. The lowest BCUT2D eigenvalue weighted by molar-refractivity contribution is 0.363. The van der Waals surface area contributed by atoms with Crippen LogP contribution in [-0.2, 0) is 0 Å². The number of hydrogen-bond donors (Lipinski definition) is 1. The molecule has 2 unspecified atom stereocenters. The van der Waals surface area contributed by atoms with Crippen molar-refractivity contribution in [1.82, 2.24) is 5.32 Å². The van der Waals surface area contributed by atoms with Crippen LogP contribution in [0.3, 0.4) is 0 Å². The van der Waals surface area contributed by atoms with E-state index in [0.29, 0.717) is 12.0 Å². The standard InChI is InChI=1S/C15H23ClIN/c1-4-6-11(3)15(18-9-5-2)12-7-8-14(17)13(16)10-12/h7-8,10-11,15,18H,4-6,9H2,1-3H3. The lowest BCUT2D eigenvalue weighted by Gasteiger charge is -2.26. The van der Waals surface area contributed by atoms with Gasteiger partial charge in [0.15, 0.2) is 0 Å². The highest BCUT2D eigenvalue weighted by atomic mass is 127. The van der Waals surface area contributed by atoms with E-state index in [-0.39, 0.29) is 0 Å². The first-order valence-electron chi connectivity index (χ1n) is 6.78. The first kappa shape index (κ1) is 16.3. The van der Waals surface area contributed by atoms with E-state index in [1.807, 2.05) is 0 Å². The summed E-state index contributed by atoms with van der Waals surface area (Å²) in [4.78, 5) is 0. The molecule has 0 saturated carbocycles. The van der Waals surface area contributed by atoms with E-state index < -0.39 is 0 Å². The second-order valence-corrected chi connectivity index (χ2v) is 6.44. The van der Waals surface area contributed by atoms with E-state index in [0.717, 1.165) is 21.6 Å². The maximum Gasteiger partial charge on any atom is 0.0542 e. The van der Waals surface area contributed by atoms with Gasteiger partial charge in [-0.2, -0.15) is 0 Å². The summed E-state index contributed by atoms with van der Waals surface area (Å²) in [6, 6.07) is 6.84. The zero-order chi connectivity index (χ0) is 13.5. The summed E-state index contributed by atoms with van der Waals surface area (Å²) in [5.74, 6) is 0.637. The van der Waals surface area contributed by atoms with Crippen LogP contribution in [0, 0.1) is 9.49 Å². The minimum atomic E-state index is 0.416. The van der Waals surface area contributed by atoms with Crippen molar-refractivity contribution in [3.63, 3.8) is 0 Å². The van der Waals surface area contributed by atoms with Crippen LogP contribution in [0.4, 0.5) is 0 Å². The van der Waals surface area contributed by atoms with Crippen LogP contribution in [0.15, 0.2) is 18.2 Å². The van der Waals surface area contributed by atoms with E-state index in [9.17, 15) is 0 Å². The predicted molar refractivity (Wildman–Crippen MR) is 89.3 cm³/mol. The summed E-state index contributed by atoms with van der Waals surface area (Å²) < 4.78 is 1.12.